The van der Waals surface area contributed by atoms with Crippen molar-refractivity contribution < 1.29 is 9.53 Å². The minimum Gasteiger partial charge on any atom is -0.443 e. The van der Waals surface area contributed by atoms with Gasteiger partial charge in [0.2, 0.25) is 0 Å². The summed E-state index contributed by atoms with van der Waals surface area (Å²) in [4.78, 5) is 14.4. The van der Waals surface area contributed by atoms with Crippen molar-refractivity contribution >= 4 is 19.9 Å². The van der Waals surface area contributed by atoms with Crippen molar-refractivity contribution in [3.05, 3.63) is 65.2 Å². The summed E-state index contributed by atoms with van der Waals surface area (Å²) >= 11 is 0. The Kier molecular flexibility index (Phi) is 9.20. The molecule has 4 heteroatoms. The van der Waals surface area contributed by atoms with Crippen molar-refractivity contribution in [2.24, 2.45) is 0 Å². The van der Waals surface area contributed by atoms with Gasteiger partial charge in [-0.2, -0.15) is 0 Å². The van der Waals surface area contributed by atoms with Gasteiger partial charge in [-0.3, -0.25) is 4.90 Å². The van der Waals surface area contributed by atoms with Gasteiger partial charge in [0.1, 0.15) is 13.7 Å². The molecule has 0 aliphatic rings. The number of hydrogen-bond donors (Lipinski definition) is 0. The molecule has 0 unspecified atom stereocenters. The first kappa shape index (κ1) is 27.7. The Hall–Kier alpha value is -2.51. The van der Waals surface area contributed by atoms with Gasteiger partial charge in [0.25, 0.3) is 0 Å². The predicted molar refractivity (Wildman–Crippen MR) is 148 cm³/mol. The molecule has 2 rings (SSSR count). The van der Waals surface area contributed by atoms with Crippen LogP contribution in [0.2, 0.25) is 16.6 Å². The lowest BCUT2D eigenvalue weighted by Crippen LogP contribution is -2.43. The van der Waals surface area contributed by atoms with Gasteiger partial charge < -0.3 is 4.74 Å². The topological polar surface area (TPSA) is 29.5 Å². The zero-order valence-electron chi connectivity index (χ0n) is 22.8. The summed E-state index contributed by atoms with van der Waals surface area (Å²) in [5, 5.41) is 0. The van der Waals surface area contributed by atoms with Gasteiger partial charge in [-0.1, -0.05) is 77.8 Å². The highest BCUT2D eigenvalue weighted by molar-refractivity contribution is 6.90. The van der Waals surface area contributed by atoms with Crippen molar-refractivity contribution in [3.63, 3.8) is 0 Å². The highest BCUT2D eigenvalue weighted by Crippen LogP contribution is 2.40. The number of anilines is 1. The zero-order chi connectivity index (χ0) is 25.7. The van der Waals surface area contributed by atoms with Crippen molar-refractivity contribution in [1.29, 1.82) is 0 Å². The van der Waals surface area contributed by atoms with Crippen LogP contribution in [-0.4, -0.2) is 26.8 Å². The molecule has 0 heterocycles. The maximum absolute atomic E-state index is 12.8. The van der Waals surface area contributed by atoms with Gasteiger partial charge in [0.15, 0.2) is 0 Å². The summed E-state index contributed by atoms with van der Waals surface area (Å²) in [6.07, 6.45) is 0.422. The predicted octanol–water partition coefficient (Wildman–Crippen LogP) is 8.22. The van der Waals surface area contributed by atoms with E-state index in [1.165, 1.54) is 5.56 Å². The molecule has 0 atom stereocenters. The lowest BCUT2D eigenvalue weighted by atomic mass is 10.0. The normalized spacial score (nSPS) is 12.0. The molecule has 0 fully saturated rings. The second kappa shape index (κ2) is 11.3. The molecule has 0 radical (unpaired) electrons. The van der Waals surface area contributed by atoms with Crippen LogP contribution in [0, 0.1) is 11.5 Å². The van der Waals surface area contributed by atoms with Crippen molar-refractivity contribution in [2.45, 2.75) is 91.0 Å². The molecule has 0 aliphatic heterocycles. The fourth-order valence-corrected chi connectivity index (χ4v) is 10.1. The molecular formula is C30H43NO2Si. The van der Waals surface area contributed by atoms with E-state index in [4.69, 9.17) is 4.74 Å². The second-order valence-corrected chi connectivity index (χ2v) is 16.8. The summed E-state index contributed by atoms with van der Waals surface area (Å²) < 4.78 is 5.62. The molecular weight excluding hydrogens is 434 g/mol. The average Bonchev–Trinajstić information content (AvgIpc) is 2.72. The standard InChI is InChI=1S/C30H43NO2Si/c1-22(2)34(23(3)4,24(5)6)17-16-26-19-27(18-25-14-12-11-13-15-25)21-28(20-26)31(10)29(32)33-30(7,8)9/h11-15,19-24H,18H2,1-10H3. The number of hydrogen-bond acceptors (Lipinski definition) is 2. The van der Waals surface area contributed by atoms with E-state index >= 15 is 0 Å². The largest absolute Gasteiger partial charge is 0.443 e. The van der Waals surface area contributed by atoms with E-state index in [1.54, 1.807) is 11.9 Å². The quantitative estimate of drug-likeness (QED) is 0.310. The van der Waals surface area contributed by atoms with Gasteiger partial charge >= 0.3 is 6.09 Å². The van der Waals surface area contributed by atoms with Crippen LogP contribution in [-0.2, 0) is 11.2 Å². The van der Waals surface area contributed by atoms with Gasteiger partial charge in [-0.05, 0) is 73.1 Å². The van der Waals surface area contributed by atoms with E-state index < -0.39 is 13.7 Å². The van der Waals surface area contributed by atoms with E-state index in [-0.39, 0.29) is 6.09 Å². The smallest absolute Gasteiger partial charge is 0.414 e. The third kappa shape index (κ3) is 7.00. The third-order valence-corrected chi connectivity index (χ3v) is 12.9. The number of carbonyl (C=O) groups excluding carboxylic acids is 1. The molecule has 184 valence electrons. The molecule has 2 aromatic rings. The van der Waals surface area contributed by atoms with Crippen molar-refractivity contribution in [2.75, 3.05) is 11.9 Å². The van der Waals surface area contributed by atoms with Crippen LogP contribution in [0.1, 0.15) is 79.0 Å². The fourth-order valence-electron chi connectivity index (χ4n) is 4.92. The molecule has 2 aromatic carbocycles. The summed E-state index contributed by atoms with van der Waals surface area (Å²) in [5.74, 6) is 3.57. The van der Waals surface area contributed by atoms with Crippen LogP contribution in [0.3, 0.4) is 0 Å². The summed E-state index contributed by atoms with van der Waals surface area (Å²) in [6, 6.07) is 16.7. The van der Waals surface area contributed by atoms with Crippen LogP contribution < -0.4 is 4.90 Å². The maximum Gasteiger partial charge on any atom is 0.414 e. The Balaban J connectivity index is 2.57. The Bertz CT molecular complexity index is 1000. The first-order valence-electron chi connectivity index (χ1n) is 12.4. The minimum absolute atomic E-state index is 0.362. The van der Waals surface area contributed by atoms with Gasteiger partial charge in [0, 0.05) is 18.3 Å². The summed E-state index contributed by atoms with van der Waals surface area (Å²) in [5.41, 5.74) is 9.10. The Morgan fingerprint density at radius 3 is 1.97 bits per heavy atom. The lowest BCUT2D eigenvalue weighted by molar-refractivity contribution is 0.0589. The number of rotatable bonds is 6. The molecule has 3 nitrogen and oxygen atoms in total. The van der Waals surface area contributed by atoms with E-state index in [2.05, 4.69) is 89.4 Å². The van der Waals surface area contributed by atoms with Crippen LogP contribution in [0.5, 0.6) is 0 Å². The minimum atomic E-state index is -1.87. The molecule has 0 spiro atoms. The molecule has 0 bridgehead atoms. The highest BCUT2D eigenvalue weighted by atomic mass is 28.3. The maximum atomic E-state index is 12.8. The second-order valence-electron chi connectivity index (χ2n) is 11.2. The molecule has 34 heavy (non-hydrogen) atoms. The van der Waals surface area contributed by atoms with Gasteiger partial charge in [-0.25, -0.2) is 4.79 Å². The van der Waals surface area contributed by atoms with Gasteiger partial charge in [-0.15, -0.1) is 5.54 Å². The summed E-state index contributed by atoms with van der Waals surface area (Å²) in [7, 11) is -0.100. The van der Waals surface area contributed by atoms with Crippen LogP contribution >= 0.6 is 0 Å². The van der Waals surface area contributed by atoms with Crippen molar-refractivity contribution in [1.82, 2.24) is 0 Å². The number of carbonyl (C=O) groups is 1. The number of benzene rings is 2. The van der Waals surface area contributed by atoms with E-state index in [9.17, 15) is 4.79 Å². The Labute approximate surface area is 208 Å². The molecule has 0 N–H and O–H groups in total. The fraction of sp³-hybridized carbons (Fsp3) is 0.500. The van der Waals surface area contributed by atoms with E-state index in [1.807, 2.05) is 32.9 Å². The van der Waals surface area contributed by atoms with Crippen LogP contribution in [0.15, 0.2) is 48.5 Å². The first-order chi connectivity index (χ1) is 15.8. The first-order valence-corrected chi connectivity index (χ1v) is 14.7. The number of amides is 1. The van der Waals surface area contributed by atoms with Crippen molar-refractivity contribution in [3.8, 4) is 11.5 Å². The molecule has 0 saturated heterocycles. The lowest BCUT2D eigenvalue weighted by Gasteiger charge is -2.38. The van der Waals surface area contributed by atoms with Crippen LogP contribution in [0.4, 0.5) is 10.5 Å². The number of ether oxygens (including phenoxy) is 1. The SMILES string of the molecule is CC(C)[Si](C#Cc1cc(Cc2ccccc2)cc(N(C)C(=O)OC(C)(C)C)c1)(C(C)C)C(C)C. The number of nitrogens with zero attached hydrogens (tertiary/aromatic N) is 1. The Morgan fingerprint density at radius 1 is 0.912 bits per heavy atom. The monoisotopic (exact) mass is 477 g/mol. The Morgan fingerprint density at radius 2 is 1.47 bits per heavy atom. The summed E-state index contributed by atoms with van der Waals surface area (Å²) in [6.45, 7) is 19.6. The van der Waals surface area contributed by atoms with Crippen LogP contribution in [0.25, 0.3) is 0 Å². The highest BCUT2D eigenvalue weighted by Gasteiger charge is 2.41. The molecule has 0 aromatic heterocycles. The average molecular weight is 478 g/mol. The molecule has 0 aliphatic carbocycles. The third-order valence-electron chi connectivity index (χ3n) is 6.57. The van der Waals surface area contributed by atoms with Gasteiger partial charge in [0.05, 0.1) is 0 Å². The van der Waals surface area contributed by atoms with E-state index in [0.717, 1.165) is 23.2 Å². The molecule has 0 saturated carbocycles. The zero-order valence-corrected chi connectivity index (χ0v) is 23.8. The molecule has 1 amide bonds. The van der Waals surface area contributed by atoms with E-state index in [0.29, 0.717) is 16.6 Å².